The lowest BCUT2D eigenvalue weighted by Gasteiger charge is -2.06. The summed E-state index contributed by atoms with van der Waals surface area (Å²) in [6.45, 7) is 0.749. The van der Waals surface area contributed by atoms with Gasteiger partial charge in [0.25, 0.3) is 0 Å². The number of nitrogens with zero attached hydrogens (tertiary/aromatic N) is 2. The molecule has 6 nitrogen and oxygen atoms in total. The summed E-state index contributed by atoms with van der Waals surface area (Å²) in [6.07, 6.45) is 0.743. The van der Waals surface area contributed by atoms with Crippen molar-refractivity contribution in [2.45, 2.75) is 6.42 Å². The van der Waals surface area contributed by atoms with Gasteiger partial charge in [0.2, 0.25) is 0 Å². The van der Waals surface area contributed by atoms with Gasteiger partial charge < -0.3 is 15.8 Å². The summed E-state index contributed by atoms with van der Waals surface area (Å²) in [6, 6.07) is 15.4. The predicted octanol–water partition coefficient (Wildman–Crippen LogP) is 2.72. The largest absolute Gasteiger partial charge is 0.497 e. The number of ether oxygens (including phenoxy) is 1. The fourth-order valence-corrected chi connectivity index (χ4v) is 2.27. The third-order valence-corrected chi connectivity index (χ3v) is 3.44. The molecule has 1 heterocycles. The van der Waals surface area contributed by atoms with Crippen molar-refractivity contribution in [3.05, 3.63) is 54.4 Å². The number of rotatable bonds is 6. The highest BCUT2D eigenvalue weighted by molar-refractivity contribution is 5.60. The second kappa shape index (κ2) is 6.83. The van der Waals surface area contributed by atoms with Crippen LogP contribution in [0.5, 0.6) is 5.75 Å². The number of anilines is 2. The second-order valence-electron chi connectivity index (χ2n) is 5.14. The molecule has 0 saturated heterocycles. The molecule has 0 radical (unpaired) electrons. The summed E-state index contributed by atoms with van der Waals surface area (Å²) in [5.41, 5.74) is 8.41. The minimum atomic E-state index is 0.661. The summed E-state index contributed by atoms with van der Waals surface area (Å²) in [4.78, 5) is 4.50. The van der Waals surface area contributed by atoms with E-state index in [2.05, 4.69) is 20.5 Å². The van der Waals surface area contributed by atoms with Crippen LogP contribution in [0, 0.1) is 0 Å². The van der Waals surface area contributed by atoms with Crippen LogP contribution in [-0.4, -0.2) is 28.8 Å². The quantitative estimate of drug-likeness (QED) is 0.609. The third kappa shape index (κ3) is 3.79. The van der Waals surface area contributed by atoms with Crippen LogP contribution in [0.15, 0.2) is 48.5 Å². The number of methoxy groups -OCH3 is 1. The fourth-order valence-electron chi connectivity index (χ4n) is 2.27. The summed E-state index contributed by atoms with van der Waals surface area (Å²) >= 11 is 0. The molecule has 6 heteroatoms. The Morgan fingerprint density at radius 2 is 2.04 bits per heavy atom. The molecule has 0 atom stereocenters. The molecule has 0 saturated carbocycles. The van der Waals surface area contributed by atoms with Crippen molar-refractivity contribution in [2.24, 2.45) is 0 Å². The molecule has 0 spiro atoms. The summed E-state index contributed by atoms with van der Waals surface area (Å²) in [5, 5.41) is 10.5. The second-order valence-corrected chi connectivity index (χ2v) is 5.14. The van der Waals surface area contributed by atoms with Gasteiger partial charge in [-0.25, -0.2) is 4.98 Å². The number of nitrogen functional groups attached to an aromatic ring is 1. The van der Waals surface area contributed by atoms with Crippen LogP contribution in [-0.2, 0) is 6.42 Å². The molecule has 2 aromatic carbocycles. The lowest BCUT2D eigenvalue weighted by Crippen LogP contribution is -2.06. The van der Waals surface area contributed by atoms with Crippen LogP contribution in [0.4, 0.5) is 11.4 Å². The first-order valence-corrected chi connectivity index (χ1v) is 7.40. The van der Waals surface area contributed by atoms with E-state index in [-0.39, 0.29) is 0 Å². The minimum Gasteiger partial charge on any atom is -0.497 e. The average Bonchev–Trinajstić information content (AvgIpc) is 3.04. The van der Waals surface area contributed by atoms with Crippen molar-refractivity contribution in [3.8, 4) is 17.1 Å². The standard InChI is InChI=1S/C17H19N5O/c1-23-15-7-3-6-14(11-15)19-9-8-16-20-17(22-21-16)12-4-2-5-13(18)10-12/h2-7,10-11,19H,8-9,18H2,1H3,(H,20,21,22). The SMILES string of the molecule is COc1cccc(NCCc2nc(-c3cccc(N)c3)n[nH]2)c1. The molecule has 1 aromatic heterocycles. The number of aromatic nitrogens is 3. The molecule has 0 aliphatic rings. The summed E-state index contributed by atoms with van der Waals surface area (Å²) < 4.78 is 5.20. The number of hydrogen-bond donors (Lipinski definition) is 3. The molecule has 118 valence electrons. The molecular weight excluding hydrogens is 290 g/mol. The molecule has 0 aliphatic heterocycles. The van der Waals surface area contributed by atoms with E-state index in [0.29, 0.717) is 11.5 Å². The fraction of sp³-hybridized carbons (Fsp3) is 0.176. The molecule has 3 rings (SSSR count). The Balaban J connectivity index is 1.59. The first-order valence-electron chi connectivity index (χ1n) is 7.40. The van der Waals surface area contributed by atoms with Gasteiger partial charge in [-0.05, 0) is 24.3 Å². The number of nitrogens with one attached hydrogen (secondary N) is 2. The van der Waals surface area contributed by atoms with Crippen LogP contribution >= 0.6 is 0 Å². The van der Waals surface area contributed by atoms with Crippen LogP contribution in [0.2, 0.25) is 0 Å². The molecule has 0 amide bonds. The van der Waals surface area contributed by atoms with Crippen molar-refractivity contribution < 1.29 is 4.74 Å². The van der Waals surface area contributed by atoms with E-state index in [0.717, 1.165) is 35.8 Å². The van der Waals surface area contributed by atoms with Gasteiger partial charge in [-0.1, -0.05) is 18.2 Å². The summed E-state index contributed by atoms with van der Waals surface area (Å²) in [7, 11) is 1.66. The van der Waals surface area contributed by atoms with E-state index in [4.69, 9.17) is 10.5 Å². The normalized spacial score (nSPS) is 10.5. The Hall–Kier alpha value is -3.02. The topological polar surface area (TPSA) is 88.8 Å². The van der Waals surface area contributed by atoms with Crippen molar-refractivity contribution in [3.63, 3.8) is 0 Å². The van der Waals surface area contributed by atoms with Crippen molar-refractivity contribution in [1.29, 1.82) is 0 Å². The van der Waals surface area contributed by atoms with Crippen LogP contribution < -0.4 is 15.8 Å². The van der Waals surface area contributed by atoms with Crippen molar-refractivity contribution in [1.82, 2.24) is 15.2 Å². The van der Waals surface area contributed by atoms with Crippen LogP contribution in [0.25, 0.3) is 11.4 Å². The highest BCUT2D eigenvalue weighted by Gasteiger charge is 2.06. The van der Waals surface area contributed by atoms with Gasteiger partial charge in [0.05, 0.1) is 7.11 Å². The van der Waals surface area contributed by atoms with Gasteiger partial charge in [-0.15, -0.1) is 0 Å². The molecule has 0 fully saturated rings. The average molecular weight is 309 g/mol. The number of benzene rings is 2. The van der Waals surface area contributed by atoms with Gasteiger partial charge in [0.1, 0.15) is 11.6 Å². The molecule has 23 heavy (non-hydrogen) atoms. The minimum absolute atomic E-state index is 0.661. The monoisotopic (exact) mass is 309 g/mol. The van der Waals surface area contributed by atoms with Crippen LogP contribution in [0.1, 0.15) is 5.82 Å². The van der Waals surface area contributed by atoms with E-state index in [1.54, 1.807) is 7.11 Å². The Morgan fingerprint density at radius 1 is 1.17 bits per heavy atom. The first-order chi connectivity index (χ1) is 11.2. The van der Waals surface area contributed by atoms with Gasteiger partial charge in [0, 0.05) is 36.0 Å². The lowest BCUT2D eigenvalue weighted by atomic mass is 10.2. The smallest absolute Gasteiger partial charge is 0.181 e. The molecule has 0 aliphatic carbocycles. The van der Waals surface area contributed by atoms with Crippen LogP contribution in [0.3, 0.4) is 0 Å². The molecule has 0 bridgehead atoms. The molecule has 0 unspecified atom stereocenters. The Bertz CT molecular complexity index is 784. The van der Waals surface area contributed by atoms with E-state index in [1.165, 1.54) is 0 Å². The highest BCUT2D eigenvalue weighted by atomic mass is 16.5. The van der Waals surface area contributed by atoms with Gasteiger partial charge in [-0.3, -0.25) is 5.10 Å². The number of H-pyrrole nitrogens is 1. The molecule has 3 aromatic rings. The third-order valence-electron chi connectivity index (χ3n) is 3.44. The lowest BCUT2D eigenvalue weighted by molar-refractivity contribution is 0.415. The zero-order valence-electron chi connectivity index (χ0n) is 12.9. The predicted molar refractivity (Wildman–Crippen MR) is 91.4 cm³/mol. The van der Waals surface area contributed by atoms with E-state index in [1.807, 2.05) is 48.5 Å². The van der Waals surface area contributed by atoms with Gasteiger partial charge in [0.15, 0.2) is 5.82 Å². The van der Waals surface area contributed by atoms with Crippen molar-refractivity contribution in [2.75, 3.05) is 24.7 Å². The molecule has 4 N–H and O–H groups in total. The summed E-state index contributed by atoms with van der Waals surface area (Å²) in [5.74, 6) is 2.32. The molecular formula is C17H19N5O. The van der Waals surface area contributed by atoms with Gasteiger partial charge in [-0.2, -0.15) is 5.10 Å². The Labute approximate surface area is 134 Å². The number of hydrogen-bond acceptors (Lipinski definition) is 5. The number of aromatic amines is 1. The maximum atomic E-state index is 5.79. The van der Waals surface area contributed by atoms with E-state index < -0.39 is 0 Å². The van der Waals surface area contributed by atoms with E-state index in [9.17, 15) is 0 Å². The number of nitrogens with two attached hydrogens (primary N) is 1. The Kier molecular flexibility index (Phi) is 4.42. The Morgan fingerprint density at radius 3 is 2.87 bits per heavy atom. The maximum Gasteiger partial charge on any atom is 0.181 e. The first kappa shape index (κ1) is 14.9. The van der Waals surface area contributed by atoms with Gasteiger partial charge >= 0.3 is 0 Å². The van der Waals surface area contributed by atoms with E-state index >= 15 is 0 Å². The highest BCUT2D eigenvalue weighted by Crippen LogP contribution is 2.18. The van der Waals surface area contributed by atoms with Crippen molar-refractivity contribution >= 4 is 11.4 Å². The maximum absolute atomic E-state index is 5.79. The zero-order chi connectivity index (χ0) is 16.1. The zero-order valence-corrected chi connectivity index (χ0v) is 12.9.